The van der Waals surface area contributed by atoms with Gasteiger partial charge in [0.25, 0.3) is 5.91 Å². The summed E-state index contributed by atoms with van der Waals surface area (Å²) in [5, 5.41) is 3.57. The molecule has 0 atom stereocenters. The van der Waals surface area contributed by atoms with Crippen LogP contribution in [0.2, 0.25) is 5.02 Å². The first-order chi connectivity index (χ1) is 9.43. The van der Waals surface area contributed by atoms with Crippen molar-refractivity contribution in [1.82, 2.24) is 5.32 Å². The number of benzene rings is 1. The minimum Gasteiger partial charge on any atom is -0.391 e. The van der Waals surface area contributed by atoms with Crippen LogP contribution < -0.4 is 11.1 Å². The predicted molar refractivity (Wildman–Crippen MR) is 86.1 cm³/mol. The van der Waals surface area contributed by atoms with Gasteiger partial charge in [-0.15, -0.1) is 0 Å². The fraction of sp³-hybridized carbons (Fsp3) is 0.467. The van der Waals surface area contributed by atoms with Crippen LogP contribution in [0.1, 0.15) is 43.0 Å². The Balaban J connectivity index is 2.17. The van der Waals surface area contributed by atoms with Gasteiger partial charge in [0.05, 0.1) is 10.5 Å². The number of carbonyl (C=O) groups is 1. The molecule has 1 aliphatic carbocycles. The lowest BCUT2D eigenvalue weighted by Gasteiger charge is -2.39. The molecule has 0 heterocycles. The summed E-state index contributed by atoms with van der Waals surface area (Å²) in [5.74, 6) is 0.482. The molecule has 5 heteroatoms. The highest BCUT2D eigenvalue weighted by atomic mass is 35.5. The standard InChI is InChI=1S/C15H19ClN2OS/c1-10-5-7-15(8-6-10,14(17)20)18-13(19)11-3-2-4-12(16)9-11/h2-4,9-10H,5-8H2,1H3,(H2,17,20)(H,18,19). The first kappa shape index (κ1) is 15.3. The van der Waals surface area contributed by atoms with Crippen molar-refractivity contribution in [3.05, 3.63) is 34.9 Å². The lowest BCUT2D eigenvalue weighted by Crippen LogP contribution is -2.58. The maximum Gasteiger partial charge on any atom is 0.252 e. The number of carbonyl (C=O) groups excluding carboxylic acids is 1. The Morgan fingerprint density at radius 1 is 1.45 bits per heavy atom. The van der Waals surface area contributed by atoms with Gasteiger partial charge in [-0.1, -0.05) is 36.8 Å². The predicted octanol–water partition coefficient (Wildman–Crippen LogP) is 3.30. The average Bonchev–Trinajstić information content (AvgIpc) is 2.41. The zero-order valence-electron chi connectivity index (χ0n) is 11.5. The number of hydrogen-bond acceptors (Lipinski definition) is 2. The molecule has 0 aromatic heterocycles. The van der Waals surface area contributed by atoms with Crippen molar-refractivity contribution in [2.24, 2.45) is 11.7 Å². The molecule has 1 aromatic carbocycles. The van der Waals surface area contributed by atoms with Crippen molar-refractivity contribution in [1.29, 1.82) is 0 Å². The highest BCUT2D eigenvalue weighted by Crippen LogP contribution is 2.32. The molecule has 1 aromatic rings. The number of nitrogens with two attached hydrogens (primary N) is 1. The number of thiocarbonyl (C=S) groups is 1. The van der Waals surface area contributed by atoms with Gasteiger partial charge in [-0.05, 0) is 49.8 Å². The van der Waals surface area contributed by atoms with Gasteiger partial charge in [0.15, 0.2) is 0 Å². The summed E-state index contributed by atoms with van der Waals surface area (Å²) in [6, 6.07) is 6.88. The fourth-order valence-electron chi connectivity index (χ4n) is 2.61. The molecular formula is C15H19ClN2OS. The first-order valence-corrected chi connectivity index (χ1v) is 7.59. The van der Waals surface area contributed by atoms with E-state index in [1.165, 1.54) is 0 Å². The van der Waals surface area contributed by atoms with E-state index in [9.17, 15) is 4.79 Å². The van der Waals surface area contributed by atoms with E-state index in [0.717, 1.165) is 25.7 Å². The van der Waals surface area contributed by atoms with Crippen LogP contribution in [0, 0.1) is 5.92 Å². The molecule has 3 N–H and O–H groups in total. The van der Waals surface area contributed by atoms with Crippen molar-refractivity contribution in [2.45, 2.75) is 38.1 Å². The molecule has 1 saturated carbocycles. The van der Waals surface area contributed by atoms with Crippen LogP contribution in [0.25, 0.3) is 0 Å². The molecule has 1 fully saturated rings. The van der Waals surface area contributed by atoms with Crippen LogP contribution in [0.5, 0.6) is 0 Å². The Bertz CT molecular complexity index is 524. The van der Waals surface area contributed by atoms with Gasteiger partial charge in [-0.25, -0.2) is 0 Å². The van der Waals surface area contributed by atoms with Crippen molar-refractivity contribution in [3.63, 3.8) is 0 Å². The second-order valence-electron chi connectivity index (χ2n) is 5.59. The minimum atomic E-state index is -0.554. The molecule has 108 valence electrons. The summed E-state index contributed by atoms with van der Waals surface area (Å²) >= 11 is 11.1. The Morgan fingerprint density at radius 3 is 2.65 bits per heavy atom. The summed E-state index contributed by atoms with van der Waals surface area (Å²) in [5.41, 5.74) is 5.87. The lowest BCUT2D eigenvalue weighted by atomic mass is 9.77. The number of amides is 1. The molecule has 0 bridgehead atoms. The monoisotopic (exact) mass is 310 g/mol. The van der Waals surface area contributed by atoms with E-state index in [0.29, 0.717) is 21.5 Å². The third-order valence-corrected chi connectivity index (χ3v) is 4.66. The SMILES string of the molecule is CC1CCC(NC(=O)c2cccc(Cl)c2)(C(N)=S)CC1. The van der Waals surface area contributed by atoms with Crippen LogP contribution in [0.15, 0.2) is 24.3 Å². The van der Waals surface area contributed by atoms with Gasteiger partial charge in [0.2, 0.25) is 0 Å². The third-order valence-electron chi connectivity index (χ3n) is 4.04. The van der Waals surface area contributed by atoms with Crippen molar-refractivity contribution in [3.8, 4) is 0 Å². The van der Waals surface area contributed by atoms with Crippen LogP contribution >= 0.6 is 23.8 Å². The smallest absolute Gasteiger partial charge is 0.252 e. The average molecular weight is 311 g/mol. The molecule has 0 spiro atoms. The lowest BCUT2D eigenvalue weighted by molar-refractivity contribution is 0.0900. The Hall–Kier alpha value is -1.13. The topological polar surface area (TPSA) is 55.1 Å². The van der Waals surface area contributed by atoms with Gasteiger partial charge in [-0.2, -0.15) is 0 Å². The molecule has 0 radical (unpaired) electrons. The van der Waals surface area contributed by atoms with Crippen LogP contribution in [0.4, 0.5) is 0 Å². The normalized spacial score (nSPS) is 26.0. The van der Waals surface area contributed by atoms with Crippen LogP contribution in [-0.4, -0.2) is 16.4 Å². The second kappa shape index (κ2) is 6.10. The number of rotatable bonds is 3. The van der Waals surface area contributed by atoms with Crippen molar-refractivity contribution < 1.29 is 4.79 Å². The fourth-order valence-corrected chi connectivity index (χ4v) is 3.05. The van der Waals surface area contributed by atoms with Gasteiger partial charge in [0.1, 0.15) is 0 Å². The highest BCUT2D eigenvalue weighted by molar-refractivity contribution is 7.80. The molecule has 2 rings (SSSR count). The summed E-state index contributed by atoms with van der Waals surface area (Å²) in [6.07, 6.45) is 3.64. The van der Waals surface area contributed by atoms with Crippen LogP contribution in [-0.2, 0) is 0 Å². The Morgan fingerprint density at radius 2 is 2.10 bits per heavy atom. The zero-order valence-corrected chi connectivity index (χ0v) is 13.1. The van der Waals surface area contributed by atoms with Crippen LogP contribution in [0.3, 0.4) is 0 Å². The van der Waals surface area contributed by atoms with Gasteiger partial charge in [-0.3, -0.25) is 4.79 Å². The van der Waals surface area contributed by atoms with Gasteiger partial charge < -0.3 is 11.1 Å². The summed E-state index contributed by atoms with van der Waals surface area (Å²) in [7, 11) is 0. The second-order valence-corrected chi connectivity index (χ2v) is 6.47. The Kier molecular flexibility index (Phi) is 4.66. The van der Waals surface area contributed by atoms with E-state index in [4.69, 9.17) is 29.6 Å². The van der Waals surface area contributed by atoms with E-state index in [1.807, 2.05) is 0 Å². The molecule has 0 unspecified atom stereocenters. The molecule has 1 aliphatic rings. The molecule has 0 aliphatic heterocycles. The zero-order chi connectivity index (χ0) is 14.8. The van der Waals surface area contributed by atoms with Crippen molar-refractivity contribution >= 4 is 34.7 Å². The molecule has 20 heavy (non-hydrogen) atoms. The molecule has 3 nitrogen and oxygen atoms in total. The maximum absolute atomic E-state index is 12.4. The third kappa shape index (κ3) is 3.30. The summed E-state index contributed by atoms with van der Waals surface area (Å²) in [4.78, 5) is 12.7. The molecular weight excluding hydrogens is 292 g/mol. The maximum atomic E-state index is 12.4. The number of hydrogen-bond donors (Lipinski definition) is 2. The van der Waals surface area contributed by atoms with Gasteiger partial charge in [0, 0.05) is 10.6 Å². The van der Waals surface area contributed by atoms with Gasteiger partial charge >= 0.3 is 0 Å². The quantitative estimate of drug-likeness (QED) is 0.842. The largest absolute Gasteiger partial charge is 0.391 e. The minimum absolute atomic E-state index is 0.171. The summed E-state index contributed by atoms with van der Waals surface area (Å²) in [6.45, 7) is 2.21. The Labute approximate surface area is 129 Å². The van der Waals surface area contributed by atoms with E-state index in [-0.39, 0.29) is 5.91 Å². The number of nitrogens with one attached hydrogen (secondary N) is 1. The summed E-state index contributed by atoms with van der Waals surface area (Å²) < 4.78 is 0. The van der Waals surface area contributed by atoms with E-state index in [1.54, 1.807) is 24.3 Å². The van der Waals surface area contributed by atoms with E-state index < -0.39 is 5.54 Å². The van der Waals surface area contributed by atoms with Crippen molar-refractivity contribution in [2.75, 3.05) is 0 Å². The molecule has 0 saturated heterocycles. The highest BCUT2D eigenvalue weighted by Gasteiger charge is 2.38. The molecule has 1 amide bonds. The van der Waals surface area contributed by atoms with E-state index >= 15 is 0 Å². The van der Waals surface area contributed by atoms with E-state index in [2.05, 4.69) is 12.2 Å². The number of halogens is 1. The first-order valence-electron chi connectivity index (χ1n) is 6.81.